The van der Waals surface area contributed by atoms with Gasteiger partial charge in [-0.25, -0.2) is 0 Å². The summed E-state index contributed by atoms with van der Waals surface area (Å²) in [4.78, 5) is 11.5. The maximum Gasteiger partial charge on any atom is 0.132 e. The van der Waals surface area contributed by atoms with Crippen LogP contribution in [0.15, 0.2) is 0 Å². The van der Waals surface area contributed by atoms with Crippen molar-refractivity contribution in [1.29, 1.82) is 0 Å². The van der Waals surface area contributed by atoms with E-state index in [9.17, 15) is 4.79 Å². The van der Waals surface area contributed by atoms with E-state index in [2.05, 4.69) is 27.7 Å². The molecule has 0 aliphatic carbocycles. The Morgan fingerprint density at radius 1 is 0.933 bits per heavy atom. The summed E-state index contributed by atoms with van der Waals surface area (Å²) in [6.07, 6.45) is 8.83. The summed E-state index contributed by atoms with van der Waals surface area (Å²) in [7, 11) is 0. The minimum atomic E-state index is 0.303. The first kappa shape index (κ1) is 14.7. The molecule has 0 saturated carbocycles. The molecule has 0 radical (unpaired) electrons. The van der Waals surface area contributed by atoms with E-state index >= 15 is 0 Å². The number of rotatable bonds is 8. The summed E-state index contributed by atoms with van der Waals surface area (Å²) < 4.78 is 0. The fourth-order valence-corrected chi connectivity index (χ4v) is 1.57. The molecule has 1 nitrogen and oxygen atoms in total. The fourth-order valence-electron chi connectivity index (χ4n) is 1.57. The lowest BCUT2D eigenvalue weighted by Crippen LogP contribution is -2.08. The Hall–Kier alpha value is -0.330. The lowest BCUT2D eigenvalue weighted by atomic mass is 9.89. The van der Waals surface area contributed by atoms with Crippen molar-refractivity contribution < 1.29 is 4.79 Å². The minimum Gasteiger partial charge on any atom is -0.300 e. The third-order valence-electron chi connectivity index (χ3n) is 2.71. The maximum atomic E-state index is 11.5. The molecule has 0 saturated heterocycles. The quantitative estimate of drug-likeness (QED) is 0.531. The van der Waals surface area contributed by atoms with E-state index in [0.717, 1.165) is 25.7 Å². The van der Waals surface area contributed by atoms with Gasteiger partial charge in [-0.1, -0.05) is 53.4 Å². The lowest BCUT2D eigenvalue weighted by Gasteiger charge is -2.16. The molecule has 0 unspecified atom stereocenters. The summed E-state index contributed by atoms with van der Waals surface area (Å²) in [5, 5.41) is 0. The molecule has 0 aromatic carbocycles. The Morgan fingerprint density at radius 3 is 2.07 bits per heavy atom. The second kappa shape index (κ2) is 7.90. The van der Waals surface area contributed by atoms with Gasteiger partial charge in [-0.3, -0.25) is 4.79 Å². The monoisotopic (exact) mass is 212 g/mol. The number of carbonyl (C=O) groups is 1. The van der Waals surface area contributed by atoms with Gasteiger partial charge in [0, 0.05) is 12.8 Å². The summed E-state index contributed by atoms with van der Waals surface area (Å²) in [6.45, 7) is 8.80. The Bertz CT molecular complexity index is 165. The molecule has 0 bridgehead atoms. The largest absolute Gasteiger partial charge is 0.300 e. The van der Waals surface area contributed by atoms with Gasteiger partial charge in [0.2, 0.25) is 0 Å². The van der Waals surface area contributed by atoms with Crippen LogP contribution in [0.5, 0.6) is 0 Å². The molecule has 0 spiro atoms. The van der Waals surface area contributed by atoms with Crippen molar-refractivity contribution in [3.8, 4) is 0 Å². The molecule has 0 fully saturated rings. The maximum absolute atomic E-state index is 11.5. The number of hydrogen-bond acceptors (Lipinski definition) is 1. The molecule has 1 heteroatoms. The van der Waals surface area contributed by atoms with Crippen LogP contribution in [0.25, 0.3) is 0 Å². The van der Waals surface area contributed by atoms with Crippen LogP contribution in [0.3, 0.4) is 0 Å². The molecule has 0 N–H and O–H groups in total. The van der Waals surface area contributed by atoms with Crippen molar-refractivity contribution in [2.75, 3.05) is 0 Å². The number of hydrogen-bond donors (Lipinski definition) is 0. The first-order valence-corrected chi connectivity index (χ1v) is 6.47. The molecular formula is C14H28O. The molecular weight excluding hydrogens is 184 g/mol. The van der Waals surface area contributed by atoms with Gasteiger partial charge in [0.1, 0.15) is 5.78 Å². The molecule has 0 amide bonds. The van der Waals surface area contributed by atoms with Crippen LogP contribution in [0.1, 0.15) is 79.1 Å². The van der Waals surface area contributed by atoms with Gasteiger partial charge < -0.3 is 0 Å². The van der Waals surface area contributed by atoms with Gasteiger partial charge in [-0.2, -0.15) is 0 Å². The number of Topliss-reactive ketones (excluding diaryl/α,β-unsaturated/α-hetero) is 1. The first-order valence-electron chi connectivity index (χ1n) is 6.47. The second-order valence-corrected chi connectivity index (χ2v) is 5.76. The Morgan fingerprint density at radius 2 is 1.53 bits per heavy atom. The second-order valence-electron chi connectivity index (χ2n) is 5.76. The average molecular weight is 212 g/mol. The van der Waals surface area contributed by atoms with Gasteiger partial charge in [0.25, 0.3) is 0 Å². The third-order valence-corrected chi connectivity index (χ3v) is 2.71. The highest BCUT2D eigenvalue weighted by Crippen LogP contribution is 2.21. The number of carbonyl (C=O) groups excluding carboxylic acids is 1. The Balaban J connectivity index is 3.34. The Labute approximate surface area is 95.6 Å². The zero-order valence-electron chi connectivity index (χ0n) is 11.1. The van der Waals surface area contributed by atoms with Crippen LogP contribution in [-0.4, -0.2) is 5.78 Å². The van der Waals surface area contributed by atoms with E-state index in [1.54, 1.807) is 0 Å². The van der Waals surface area contributed by atoms with Gasteiger partial charge in [0.15, 0.2) is 0 Å². The smallest absolute Gasteiger partial charge is 0.132 e. The van der Waals surface area contributed by atoms with Crippen molar-refractivity contribution >= 4 is 5.78 Å². The van der Waals surface area contributed by atoms with Crippen LogP contribution in [0.2, 0.25) is 0 Å². The molecule has 0 aliphatic rings. The highest BCUT2D eigenvalue weighted by Gasteiger charge is 2.12. The van der Waals surface area contributed by atoms with E-state index in [1.165, 1.54) is 25.7 Å². The standard InChI is InChI=1S/C14H28O/c1-5-6-7-8-9-10-13(15)11-12-14(2,3)4/h5-12H2,1-4H3. The van der Waals surface area contributed by atoms with E-state index in [4.69, 9.17) is 0 Å². The zero-order valence-corrected chi connectivity index (χ0v) is 11.1. The summed E-state index contributed by atoms with van der Waals surface area (Å²) in [6, 6.07) is 0. The lowest BCUT2D eigenvalue weighted by molar-refractivity contribution is -0.119. The summed E-state index contributed by atoms with van der Waals surface area (Å²) in [5.74, 6) is 0.460. The van der Waals surface area contributed by atoms with Crippen molar-refractivity contribution in [2.24, 2.45) is 5.41 Å². The Kier molecular flexibility index (Phi) is 7.72. The molecule has 0 rings (SSSR count). The molecule has 0 aromatic rings. The van der Waals surface area contributed by atoms with Crippen molar-refractivity contribution in [3.63, 3.8) is 0 Å². The normalized spacial score (nSPS) is 11.7. The highest BCUT2D eigenvalue weighted by atomic mass is 16.1. The average Bonchev–Trinajstić information content (AvgIpc) is 2.13. The SMILES string of the molecule is CCCCCCCC(=O)CCC(C)(C)C. The van der Waals surface area contributed by atoms with Crippen LogP contribution in [0.4, 0.5) is 0 Å². The van der Waals surface area contributed by atoms with E-state index in [1.807, 2.05) is 0 Å². The van der Waals surface area contributed by atoms with Crippen molar-refractivity contribution in [3.05, 3.63) is 0 Å². The molecule has 0 heterocycles. The molecule has 90 valence electrons. The van der Waals surface area contributed by atoms with E-state index in [0.29, 0.717) is 11.2 Å². The van der Waals surface area contributed by atoms with Crippen molar-refractivity contribution in [2.45, 2.75) is 79.1 Å². The fraction of sp³-hybridized carbons (Fsp3) is 0.929. The third kappa shape index (κ3) is 11.6. The van der Waals surface area contributed by atoms with Crippen molar-refractivity contribution in [1.82, 2.24) is 0 Å². The molecule has 0 aliphatic heterocycles. The molecule has 0 aromatic heterocycles. The van der Waals surface area contributed by atoms with Crippen LogP contribution >= 0.6 is 0 Å². The topological polar surface area (TPSA) is 17.1 Å². The van der Waals surface area contributed by atoms with Gasteiger partial charge in [-0.05, 0) is 18.3 Å². The van der Waals surface area contributed by atoms with Crippen LogP contribution in [-0.2, 0) is 4.79 Å². The van der Waals surface area contributed by atoms with Gasteiger partial charge >= 0.3 is 0 Å². The minimum absolute atomic E-state index is 0.303. The predicted molar refractivity (Wildman–Crippen MR) is 67.1 cm³/mol. The first-order chi connectivity index (χ1) is 6.95. The van der Waals surface area contributed by atoms with Gasteiger partial charge in [-0.15, -0.1) is 0 Å². The van der Waals surface area contributed by atoms with Crippen LogP contribution < -0.4 is 0 Å². The van der Waals surface area contributed by atoms with E-state index < -0.39 is 0 Å². The summed E-state index contributed by atoms with van der Waals surface area (Å²) in [5.41, 5.74) is 0.303. The zero-order chi connectivity index (χ0) is 11.7. The van der Waals surface area contributed by atoms with E-state index in [-0.39, 0.29) is 0 Å². The van der Waals surface area contributed by atoms with Crippen LogP contribution in [0, 0.1) is 5.41 Å². The summed E-state index contributed by atoms with van der Waals surface area (Å²) >= 11 is 0. The highest BCUT2D eigenvalue weighted by molar-refractivity contribution is 5.78. The predicted octanol–water partition coefficient (Wildman–Crippen LogP) is 4.74. The number of ketones is 1. The van der Waals surface area contributed by atoms with Gasteiger partial charge in [0.05, 0.1) is 0 Å². The number of unbranched alkanes of at least 4 members (excludes halogenated alkanes) is 4. The molecule has 15 heavy (non-hydrogen) atoms. The molecule has 0 atom stereocenters.